The number of halogens is 4. The van der Waals surface area contributed by atoms with Crippen molar-refractivity contribution in [2.24, 2.45) is 0 Å². The normalized spacial score (nSPS) is 11.8. The quantitative estimate of drug-likeness (QED) is 0.238. The van der Waals surface area contributed by atoms with Gasteiger partial charge in [-0.2, -0.15) is 13.2 Å². The van der Waals surface area contributed by atoms with Crippen molar-refractivity contribution in [3.63, 3.8) is 0 Å². The number of rotatable bonds is 7. The highest BCUT2D eigenvalue weighted by Gasteiger charge is 2.36. The Labute approximate surface area is 227 Å². The zero-order valence-electron chi connectivity index (χ0n) is 21.7. The molecular weight excluding hydrogens is 522 g/mol. The van der Waals surface area contributed by atoms with Crippen LogP contribution in [0.3, 0.4) is 0 Å². The van der Waals surface area contributed by atoms with E-state index in [9.17, 15) is 18.0 Å². The number of pyridine rings is 2. The molecule has 1 amide bonds. The molecule has 0 atom stereocenters. The van der Waals surface area contributed by atoms with Gasteiger partial charge in [0.15, 0.2) is 0 Å². The van der Waals surface area contributed by atoms with E-state index >= 15 is 4.39 Å². The van der Waals surface area contributed by atoms with Crippen molar-refractivity contribution >= 4 is 17.2 Å². The molecule has 10 heteroatoms. The van der Waals surface area contributed by atoms with Gasteiger partial charge in [-0.15, -0.1) is 0 Å². The van der Waals surface area contributed by atoms with Crippen LogP contribution in [-0.4, -0.2) is 39.3 Å². The second-order valence-corrected chi connectivity index (χ2v) is 9.61. The summed E-state index contributed by atoms with van der Waals surface area (Å²) in [5.74, 6) is -1.40. The number of nitrogens with one attached hydrogen (secondary N) is 1. The smallest absolute Gasteiger partial charge is 0.325 e. The lowest BCUT2D eigenvalue weighted by Gasteiger charge is -2.20. The van der Waals surface area contributed by atoms with Crippen molar-refractivity contribution in [1.82, 2.24) is 19.3 Å². The maximum atomic E-state index is 15.1. The number of anilines is 1. The molecule has 5 aromatic rings. The maximum Gasteiger partial charge on any atom is 0.418 e. The van der Waals surface area contributed by atoms with E-state index in [1.165, 1.54) is 30.3 Å². The van der Waals surface area contributed by atoms with Gasteiger partial charge in [-0.05, 0) is 61.6 Å². The average molecular weight is 548 g/mol. The molecular formula is C30H25F4N5O. The van der Waals surface area contributed by atoms with Crippen LogP contribution in [0.2, 0.25) is 0 Å². The van der Waals surface area contributed by atoms with E-state index < -0.39 is 29.9 Å². The monoisotopic (exact) mass is 547 g/mol. The van der Waals surface area contributed by atoms with Crippen LogP contribution >= 0.6 is 0 Å². The molecule has 0 fully saturated rings. The van der Waals surface area contributed by atoms with Gasteiger partial charge >= 0.3 is 6.18 Å². The molecule has 0 aliphatic carbocycles. The summed E-state index contributed by atoms with van der Waals surface area (Å²) in [4.78, 5) is 23.1. The number of hydrogen-bond donors (Lipinski definition) is 1. The highest BCUT2D eigenvalue weighted by Crippen LogP contribution is 2.38. The summed E-state index contributed by atoms with van der Waals surface area (Å²) in [6.07, 6.45) is 0.0523. The van der Waals surface area contributed by atoms with Crippen molar-refractivity contribution in [3.8, 4) is 22.5 Å². The number of alkyl halides is 3. The van der Waals surface area contributed by atoms with Gasteiger partial charge < -0.3 is 10.2 Å². The first-order valence-electron chi connectivity index (χ1n) is 12.4. The van der Waals surface area contributed by atoms with Crippen LogP contribution in [-0.2, 0) is 23.9 Å². The fraction of sp³-hybridized carbons (Fsp3) is 0.167. The first-order valence-corrected chi connectivity index (χ1v) is 12.4. The molecule has 6 nitrogen and oxygen atoms in total. The Hall–Kier alpha value is -4.57. The molecule has 40 heavy (non-hydrogen) atoms. The van der Waals surface area contributed by atoms with Crippen molar-refractivity contribution < 1.29 is 22.4 Å². The summed E-state index contributed by atoms with van der Waals surface area (Å²) in [7, 11) is 3.31. The van der Waals surface area contributed by atoms with Gasteiger partial charge in [-0.3, -0.25) is 14.2 Å². The van der Waals surface area contributed by atoms with E-state index in [0.29, 0.717) is 16.9 Å². The second kappa shape index (κ2) is 10.9. The molecule has 1 N–H and O–H groups in total. The number of carbonyl (C=O) groups excluding carboxylic acids is 1. The molecule has 0 bridgehead atoms. The Kier molecular flexibility index (Phi) is 7.36. The molecule has 5 rings (SSSR count). The predicted octanol–water partition coefficient (Wildman–Crippen LogP) is 6.46. The van der Waals surface area contributed by atoms with Crippen molar-refractivity contribution in [3.05, 3.63) is 108 Å². The van der Waals surface area contributed by atoms with Crippen molar-refractivity contribution in [1.29, 1.82) is 0 Å². The van der Waals surface area contributed by atoms with Gasteiger partial charge in [0.05, 0.1) is 35.3 Å². The fourth-order valence-corrected chi connectivity index (χ4v) is 4.62. The Morgan fingerprint density at radius 2 is 1.77 bits per heavy atom. The third kappa shape index (κ3) is 5.72. The van der Waals surface area contributed by atoms with Crippen molar-refractivity contribution in [2.45, 2.75) is 19.1 Å². The lowest BCUT2D eigenvalue weighted by Crippen LogP contribution is -2.22. The minimum Gasteiger partial charge on any atom is -0.325 e. The minimum atomic E-state index is -4.67. The zero-order valence-corrected chi connectivity index (χ0v) is 21.7. The van der Waals surface area contributed by atoms with Crippen LogP contribution in [0.15, 0.2) is 85.3 Å². The Morgan fingerprint density at radius 3 is 2.48 bits per heavy atom. The molecule has 0 radical (unpaired) electrons. The molecule has 0 unspecified atom stereocenters. The summed E-state index contributed by atoms with van der Waals surface area (Å²) >= 11 is 0. The Bertz CT molecular complexity index is 1680. The topological polar surface area (TPSA) is 62.5 Å². The first kappa shape index (κ1) is 27.0. The van der Waals surface area contributed by atoms with Crippen LogP contribution in [0, 0.1) is 5.82 Å². The van der Waals surface area contributed by atoms with E-state index in [0.717, 1.165) is 11.3 Å². The van der Waals surface area contributed by atoms with Gasteiger partial charge in [-0.1, -0.05) is 30.3 Å². The maximum absolute atomic E-state index is 15.1. The Balaban J connectivity index is 1.36. The van der Waals surface area contributed by atoms with E-state index in [1.54, 1.807) is 37.5 Å². The number of carbonyl (C=O) groups is 1. The van der Waals surface area contributed by atoms with Crippen molar-refractivity contribution in [2.75, 3.05) is 19.4 Å². The van der Waals surface area contributed by atoms with Gasteiger partial charge in [-0.25, -0.2) is 9.37 Å². The van der Waals surface area contributed by atoms with E-state index in [-0.39, 0.29) is 23.4 Å². The third-order valence-corrected chi connectivity index (χ3v) is 6.37. The zero-order chi connectivity index (χ0) is 28.4. The molecule has 0 saturated heterocycles. The highest BCUT2D eigenvalue weighted by molar-refractivity contribution is 5.93. The Morgan fingerprint density at radius 1 is 0.950 bits per heavy atom. The largest absolute Gasteiger partial charge is 0.418 e. The standard InChI is InChI=1S/C30H25F4N5O/c1-38(2)18-22-6-5-8-25(29(22)30(32,33)34)37-28(40)16-19-9-10-21(14-23(19)31)26-17-36-27-15-20(11-13-39(26)27)24-7-3-4-12-35-24/h3-15,17H,16,18H2,1-2H3,(H,37,40). The van der Waals surface area contributed by atoms with Crippen LogP contribution in [0.1, 0.15) is 16.7 Å². The van der Waals surface area contributed by atoms with Crippen LogP contribution < -0.4 is 5.32 Å². The SMILES string of the molecule is CN(C)Cc1cccc(NC(=O)Cc2ccc(-c3cnc4cc(-c5ccccn5)ccn34)cc2F)c1C(F)(F)F. The van der Waals surface area contributed by atoms with Gasteiger partial charge in [0.2, 0.25) is 5.91 Å². The molecule has 2 aromatic carbocycles. The lowest BCUT2D eigenvalue weighted by atomic mass is 10.0. The fourth-order valence-electron chi connectivity index (χ4n) is 4.62. The van der Waals surface area contributed by atoms with E-state index in [2.05, 4.69) is 15.3 Å². The average Bonchev–Trinajstić information content (AvgIpc) is 3.33. The number of hydrogen-bond acceptors (Lipinski definition) is 4. The van der Waals surface area contributed by atoms with Gasteiger partial charge in [0, 0.05) is 30.1 Å². The summed E-state index contributed by atoms with van der Waals surface area (Å²) in [6.45, 7) is 0.0440. The van der Waals surface area contributed by atoms with Crippen LogP contribution in [0.4, 0.5) is 23.2 Å². The van der Waals surface area contributed by atoms with Crippen LogP contribution in [0.5, 0.6) is 0 Å². The molecule has 0 aliphatic heterocycles. The molecule has 0 saturated carbocycles. The number of nitrogens with zero attached hydrogens (tertiary/aromatic N) is 4. The number of imidazole rings is 1. The van der Waals surface area contributed by atoms with Gasteiger partial charge in [0.1, 0.15) is 11.5 Å². The lowest BCUT2D eigenvalue weighted by molar-refractivity contribution is -0.137. The summed E-state index contributed by atoms with van der Waals surface area (Å²) in [5, 5.41) is 2.33. The molecule has 204 valence electrons. The number of aromatic nitrogens is 3. The highest BCUT2D eigenvalue weighted by atomic mass is 19.4. The summed E-state index contributed by atoms with van der Waals surface area (Å²) in [5.41, 5.74) is 2.35. The second-order valence-electron chi connectivity index (χ2n) is 9.61. The third-order valence-electron chi connectivity index (χ3n) is 6.37. The van der Waals surface area contributed by atoms with Gasteiger partial charge in [0.25, 0.3) is 0 Å². The summed E-state index contributed by atoms with van der Waals surface area (Å²) in [6, 6.07) is 17.8. The molecule has 3 heterocycles. The number of fused-ring (bicyclic) bond motifs is 1. The van der Waals surface area contributed by atoms with E-state index in [1.807, 2.05) is 40.9 Å². The van der Waals surface area contributed by atoms with E-state index in [4.69, 9.17) is 0 Å². The predicted molar refractivity (Wildman–Crippen MR) is 145 cm³/mol. The molecule has 3 aromatic heterocycles. The van der Waals surface area contributed by atoms with Crippen LogP contribution in [0.25, 0.3) is 28.2 Å². The number of benzene rings is 2. The first-order chi connectivity index (χ1) is 19.1. The summed E-state index contributed by atoms with van der Waals surface area (Å²) < 4.78 is 58.5. The number of amides is 1. The molecule has 0 aliphatic rings. The minimum absolute atomic E-state index is 0.0334. The molecule has 0 spiro atoms.